The topological polar surface area (TPSA) is 71.1 Å². The van der Waals surface area contributed by atoms with Crippen LogP contribution in [0.3, 0.4) is 0 Å². The van der Waals surface area contributed by atoms with E-state index >= 15 is 0 Å². The first kappa shape index (κ1) is 20.9. The maximum atomic E-state index is 11.8. The Bertz CT molecular complexity index is 292. The number of carbonyl (C=O) groups excluding carboxylic acids is 2. The van der Waals surface area contributed by atoms with Gasteiger partial charge in [-0.3, -0.25) is 9.59 Å². The second-order valence-electron chi connectivity index (χ2n) is 4.97. The number of hydrogen-bond acceptors (Lipinski definition) is 6. The summed E-state index contributed by atoms with van der Waals surface area (Å²) in [5.41, 5.74) is 0. The van der Waals surface area contributed by atoms with Crippen molar-refractivity contribution in [2.24, 2.45) is 5.92 Å². The van der Waals surface area contributed by atoms with E-state index in [2.05, 4.69) is 11.7 Å². The molecule has 0 spiro atoms. The summed E-state index contributed by atoms with van der Waals surface area (Å²) >= 11 is 0. The number of rotatable bonds is 14. The van der Waals surface area contributed by atoms with Crippen molar-refractivity contribution < 1.29 is 28.5 Å². The minimum atomic E-state index is -0.290. The van der Waals surface area contributed by atoms with E-state index < -0.39 is 0 Å². The zero-order valence-electron chi connectivity index (χ0n) is 14.1. The van der Waals surface area contributed by atoms with Gasteiger partial charge in [0.1, 0.15) is 6.61 Å². The summed E-state index contributed by atoms with van der Waals surface area (Å²) in [6, 6.07) is 0. The summed E-state index contributed by atoms with van der Waals surface area (Å²) in [6.07, 6.45) is 4.08. The first-order valence-corrected chi connectivity index (χ1v) is 8.04. The molecule has 0 saturated heterocycles. The van der Waals surface area contributed by atoms with Crippen LogP contribution in [0.2, 0.25) is 0 Å². The molecule has 0 aromatic carbocycles. The lowest BCUT2D eigenvalue weighted by Gasteiger charge is -2.13. The summed E-state index contributed by atoms with van der Waals surface area (Å²) < 4.78 is 20.2. The molecule has 1 atom stereocenters. The lowest BCUT2D eigenvalue weighted by atomic mass is 10.00. The second-order valence-corrected chi connectivity index (χ2v) is 4.97. The molecule has 0 radical (unpaired) electrons. The first-order valence-electron chi connectivity index (χ1n) is 8.04. The normalized spacial score (nSPS) is 12.0. The zero-order valence-corrected chi connectivity index (χ0v) is 14.1. The van der Waals surface area contributed by atoms with E-state index in [0.717, 1.165) is 25.7 Å². The van der Waals surface area contributed by atoms with Gasteiger partial charge in [-0.25, -0.2) is 0 Å². The van der Waals surface area contributed by atoms with Crippen molar-refractivity contribution in [3.8, 4) is 0 Å². The van der Waals surface area contributed by atoms with Crippen LogP contribution in [-0.2, 0) is 28.5 Å². The predicted molar refractivity (Wildman–Crippen MR) is 82.5 cm³/mol. The van der Waals surface area contributed by atoms with Crippen molar-refractivity contribution >= 4 is 11.9 Å². The van der Waals surface area contributed by atoms with E-state index in [1.54, 1.807) is 0 Å². The number of esters is 2. The summed E-state index contributed by atoms with van der Waals surface area (Å²) in [5.74, 6) is -0.420. The Kier molecular flexibility index (Phi) is 14.0. The number of ether oxygens (including phenoxy) is 4. The van der Waals surface area contributed by atoms with Gasteiger partial charge in [-0.05, 0) is 12.8 Å². The van der Waals surface area contributed by atoms with Crippen molar-refractivity contribution in [1.82, 2.24) is 0 Å². The molecular weight excluding hydrogens is 288 g/mol. The Hall–Kier alpha value is -1.14. The smallest absolute Gasteiger partial charge is 0.308 e. The van der Waals surface area contributed by atoms with Crippen molar-refractivity contribution in [3.05, 3.63) is 0 Å². The highest BCUT2D eigenvalue weighted by molar-refractivity contribution is 5.72. The quantitative estimate of drug-likeness (QED) is 0.362. The average molecular weight is 318 g/mol. The highest BCUT2D eigenvalue weighted by Crippen LogP contribution is 2.14. The third-order valence-corrected chi connectivity index (χ3v) is 3.25. The van der Waals surface area contributed by atoms with Crippen LogP contribution in [0.4, 0.5) is 0 Å². The van der Waals surface area contributed by atoms with E-state index in [1.807, 2.05) is 6.92 Å². The number of methoxy groups -OCH3 is 1. The molecule has 6 heteroatoms. The molecule has 0 aromatic rings. The standard InChI is InChI=1S/C16H30O6/c1-4-6-7-14(5-2)16(18)22-13-12-21-11-10-20-9-8-15(17)19-3/h14H,4-13H2,1-3H3. The lowest BCUT2D eigenvalue weighted by molar-refractivity contribution is -0.150. The van der Waals surface area contributed by atoms with E-state index in [9.17, 15) is 9.59 Å². The van der Waals surface area contributed by atoms with Gasteiger partial charge in [-0.15, -0.1) is 0 Å². The molecule has 0 aromatic heterocycles. The van der Waals surface area contributed by atoms with Gasteiger partial charge >= 0.3 is 11.9 Å². The van der Waals surface area contributed by atoms with Crippen molar-refractivity contribution in [3.63, 3.8) is 0 Å². The van der Waals surface area contributed by atoms with Gasteiger partial charge in [0, 0.05) is 0 Å². The third kappa shape index (κ3) is 11.5. The number of hydrogen-bond donors (Lipinski definition) is 0. The molecular formula is C16H30O6. The van der Waals surface area contributed by atoms with Gasteiger partial charge in [0.2, 0.25) is 0 Å². The van der Waals surface area contributed by atoms with Gasteiger partial charge in [-0.2, -0.15) is 0 Å². The van der Waals surface area contributed by atoms with Crippen LogP contribution >= 0.6 is 0 Å². The Morgan fingerprint density at radius 3 is 2.18 bits per heavy atom. The summed E-state index contributed by atoms with van der Waals surface area (Å²) in [7, 11) is 1.35. The molecule has 1 unspecified atom stereocenters. The molecule has 0 bridgehead atoms. The van der Waals surface area contributed by atoms with Crippen LogP contribution < -0.4 is 0 Å². The van der Waals surface area contributed by atoms with E-state index in [4.69, 9.17) is 14.2 Å². The minimum Gasteiger partial charge on any atom is -0.469 e. The number of carbonyl (C=O) groups is 2. The van der Waals surface area contributed by atoms with Gasteiger partial charge in [-0.1, -0.05) is 26.7 Å². The van der Waals surface area contributed by atoms with Crippen LogP contribution in [0.25, 0.3) is 0 Å². The maximum absolute atomic E-state index is 11.8. The van der Waals surface area contributed by atoms with Gasteiger partial charge in [0.25, 0.3) is 0 Å². The Balaban J connectivity index is 3.44. The average Bonchev–Trinajstić information content (AvgIpc) is 2.53. The molecule has 0 N–H and O–H groups in total. The summed E-state index contributed by atoms with van der Waals surface area (Å²) in [4.78, 5) is 22.6. The predicted octanol–water partition coefficient (Wildman–Crippen LogP) is 2.34. The fourth-order valence-electron chi connectivity index (χ4n) is 1.84. The fraction of sp³-hybridized carbons (Fsp3) is 0.875. The lowest BCUT2D eigenvalue weighted by Crippen LogP contribution is -2.20. The van der Waals surface area contributed by atoms with Gasteiger partial charge < -0.3 is 18.9 Å². The second kappa shape index (κ2) is 14.8. The molecule has 6 nitrogen and oxygen atoms in total. The summed E-state index contributed by atoms with van der Waals surface area (Å²) in [6.45, 7) is 5.87. The van der Waals surface area contributed by atoms with Crippen LogP contribution in [0.5, 0.6) is 0 Å². The molecule has 130 valence electrons. The van der Waals surface area contributed by atoms with Crippen LogP contribution in [-0.4, -0.2) is 52.1 Å². The van der Waals surface area contributed by atoms with Crippen LogP contribution in [0.15, 0.2) is 0 Å². The van der Waals surface area contributed by atoms with Gasteiger partial charge in [0.05, 0.1) is 45.9 Å². The van der Waals surface area contributed by atoms with Crippen LogP contribution in [0, 0.1) is 5.92 Å². The van der Waals surface area contributed by atoms with E-state index in [0.29, 0.717) is 26.4 Å². The van der Waals surface area contributed by atoms with Gasteiger partial charge in [0.15, 0.2) is 0 Å². The Labute approximate surface area is 133 Å². The molecule has 0 heterocycles. The third-order valence-electron chi connectivity index (χ3n) is 3.25. The Morgan fingerprint density at radius 1 is 0.955 bits per heavy atom. The van der Waals surface area contributed by atoms with Crippen molar-refractivity contribution in [2.45, 2.75) is 46.0 Å². The van der Waals surface area contributed by atoms with Crippen LogP contribution in [0.1, 0.15) is 46.0 Å². The molecule has 0 fully saturated rings. The largest absolute Gasteiger partial charge is 0.469 e. The first-order chi connectivity index (χ1) is 10.7. The highest BCUT2D eigenvalue weighted by atomic mass is 16.6. The molecule has 0 saturated carbocycles. The SMILES string of the molecule is CCCCC(CC)C(=O)OCCOCCOCCC(=O)OC. The molecule has 0 aliphatic carbocycles. The van der Waals surface area contributed by atoms with Crippen molar-refractivity contribution in [1.29, 1.82) is 0 Å². The van der Waals surface area contributed by atoms with E-state index in [1.165, 1.54) is 7.11 Å². The monoisotopic (exact) mass is 318 g/mol. The molecule has 22 heavy (non-hydrogen) atoms. The summed E-state index contributed by atoms with van der Waals surface area (Å²) in [5, 5.41) is 0. The molecule has 0 amide bonds. The molecule has 0 rings (SSSR count). The number of unbranched alkanes of at least 4 members (excludes halogenated alkanes) is 1. The fourth-order valence-corrected chi connectivity index (χ4v) is 1.84. The highest BCUT2D eigenvalue weighted by Gasteiger charge is 2.16. The minimum absolute atomic E-state index is 0.00149. The van der Waals surface area contributed by atoms with Crippen molar-refractivity contribution in [2.75, 3.05) is 40.1 Å². The zero-order chi connectivity index (χ0) is 16.6. The Morgan fingerprint density at radius 2 is 1.59 bits per heavy atom. The maximum Gasteiger partial charge on any atom is 0.308 e. The van der Waals surface area contributed by atoms with E-state index in [-0.39, 0.29) is 30.9 Å². The molecule has 0 aliphatic heterocycles. The molecule has 0 aliphatic rings.